The number of anilines is 1. The van der Waals surface area contributed by atoms with Crippen LogP contribution < -0.4 is 19.1 Å². The number of ether oxygens (including phenoxy) is 3. The number of hydrogen-bond donors (Lipinski definition) is 1. The average molecular weight is 518 g/mol. The Labute approximate surface area is 201 Å². The predicted octanol–water partition coefficient (Wildman–Crippen LogP) is 3.25. The number of aryl methyl sites for hydroxylation is 1. The molecule has 8 nitrogen and oxygen atoms in total. The van der Waals surface area contributed by atoms with Gasteiger partial charge in [-0.3, -0.25) is 4.79 Å². The number of hydrogen-bond acceptors (Lipinski definition) is 7. The maximum atomic E-state index is 12.8. The van der Waals surface area contributed by atoms with Crippen molar-refractivity contribution in [2.24, 2.45) is 0 Å². The SMILES string of the molecule is CCS(=O)(=O)C[C@@H](O)COc1ccc(N2CCC(Oc3ccc(OC(F)(F)F)cc3)C2=O)cc1C. The summed E-state index contributed by atoms with van der Waals surface area (Å²) in [7, 11) is -3.33. The first-order valence-electron chi connectivity index (χ1n) is 10.8. The van der Waals surface area contributed by atoms with Gasteiger partial charge in [0.05, 0.1) is 5.75 Å². The van der Waals surface area contributed by atoms with Crippen molar-refractivity contribution in [1.29, 1.82) is 0 Å². The van der Waals surface area contributed by atoms with E-state index in [4.69, 9.17) is 9.47 Å². The summed E-state index contributed by atoms with van der Waals surface area (Å²) in [6.07, 6.45) is -6.37. The summed E-state index contributed by atoms with van der Waals surface area (Å²) in [6.45, 7) is 3.45. The fraction of sp³-hybridized carbons (Fsp3) is 0.435. The number of aliphatic hydroxyl groups is 1. The van der Waals surface area contributed by atoms with Crippen molar-refractivity contribution in [3.05, 3.63) is 48.0 Å². The van der Waals surface area contributed by atoms with Gasteiger partial charge in [0.2, 0.25) is 0 Å². The Hall–Kier alpha value is -2.99. The Morgan fingerprint density at radius 2 is 1.80 bits per heavy atom. The number of amides is 1. The molecule has 0 saturated carbocycles. The number of sulfone groups is 1. The predicted molar refractivity (Wildman–Crippen MR) is 122 cm³/mol. The second-order valence-electron chi connectivity index (χ2n) is 8.02. The normalized spacial score (nSPS) is 17.4. The van der Waals surface area contributed by atoms with Crippen LogP contribution >= 0.6 is 0 Å². The third-order valence-corrected chi connectivity index (χ3v) is 7.05. The van der Waals surface area contributed by atoms with Gasteiger partial charge in [0.15, 0.2) is 15.9 Å². The van der Waals surface area contributed by atoms with Gasteiger partial charge in [0.1, 0.15) is 30.0 Å². The minimum absolute atomic E-state index is 0.0653. The number of rotatable bonds is 10. The molecule has 35 heavy (non-hydrogen) atoms. The Kier molecular flexibility index (Phi) is 8.16. The fourth-order valence-corrected chi connectivity index (χ4v) is 4.43. The van der Waals surface area contributed by atoms with Crippen LogP contribution in [-0.2, 0) is 14.6 Å². The molecule has 192 valence electrons. The van der Waals surface area contributed by atoms with Crippen LogP contribution in [0.5, 0.6) is 17.2 Å². The third kappa shape index (κ3) is 7.49. The summed E-state index contributed by atoms with van der Waals surface area (Å²) in [6, 6.07) is 9.84. The molecular weight excluding hydrogens is 491 g/mol. The van der Waals surface area contributed by atoms with E-state index >= 15 is 0 Å². The van der Waals surface area contributed by atoms with Crippen LogP contribution in [0.2, 0.25) is 0 Å². The maximum absolute atomic E-state index is 12.8. The zero-order valence-electron chi connectivity index (χ0n) is 19.1. The van der Waals surface area contributed by atoms with Crippen molar-refractivity contribution in [3.63, 3.8) is 0 Å². The number of halogens is 3. The van der Waals surface area contributed by atoms with E-state index in [2.05, 4.69) is 4.74 Å². The highest BCUT2D eigenvalue weighted by molar-refractivity contribution is 7.91. The highest BCUT2D eigenvalue weighted by Gasteiger charge is 2.35. The zero-order chi connectivity index (χ0) is 25.8. The lowest BCUT2D eigenvalue weighted by atomic mass is 10.2. The monoisotopic (exact) mass is 517 g/mol. The molecular formula is C23H26F3NO7S. The Bertz CT molecular complexity index is 1140. The van der Waals surface area contributed by atoms with E-state index in [9.17, 15) is 31.5 Å². The highest BCUT2D eigenvalue weighted by atomic mass is 32.2. The number of aliphatic hydroxyl groups excluding tert-OH is 1. The van der Waals surface area contributed by atoms with E-state index in [1.165, 1.54) is 24.0 Å². The van der Waals surface area contributed by atoms with Crippen LogP contribution in [0.15, 0.2) is 42.5 Å². The van der Waals surface area contributed by atoms with Crippen LogP contribution in [0.1, 0.15) is 18.9 Å². The van der Waals surface area contributed by atoms with Gasteiger partial charge in [-0.2, -0.15) is 0 Å². The summed E-state index contributed by atoms with van der Waals surface area (Å²) in [5.41, 5.74) is 1.29. The smallest absolute Gasteiger partial charge is 0.491 e. The molecule has 1 N–H and O–H groups in total. The Morgan fingerprint density at radius 3 is 2.40 bits per heavy atom. The van der Waals surface area contributed by atoms with Crippen LogP contribution in [0.25, 0.3) is 0 Å². The lowest BCUT2D eigenvalue weighted by Gasteiger charge is -2.19. The van der Waals surface area contributed by atoms with Gasteiger partial charge in [-0.1, -0.05) is 6.92 Å². The van der Waals surface area contributed by atoms with Gasteiger partial charge in [-0.15, -0.1) is 13.2 Å². The van der Waals surface area contributed by atoms with Gasteiger partial charge < -0.3 is 24.2 Å². The van der Waals surface area contributed by atoms with Crippen molar-refractivity contribution in [2.45, 2.75) is 38.8 Å². The second kappa shape index (κ2) is 10.7. The standard InChI is InChI=1S/C23H26F3NO7S/c1-3-35(30,31)14-17(28)13-32-20-9-4-16(12-15(20)2)27-11-10-21(22(27)29)33-18-5-7-19(8-6-18)34-23(24,25)26/h4-9,12,17,21,28H,3,10-11,13-14H2,1-2H3/t17-,21?/m0/s1. The summed E-state index contributed by atoms with van der Waals surface area (Å²) >= 11 is 0. The summed E-state index contributed by atoms with van der Waals surface area (Å²) < 4.78 is 75.1. The van der Waals surface area contributed by atoms with Crippen molar-refractivity contribution in [3.8, 4) is 17.2 Å². The minimum atomic E-state index is -4.79. The lowest BCUT2D eigenvalue weighted by Crippen LogP contribution is -2.32. The number of carbonyl (C=O) groups is 1. The first kappa shape index (κ1) is 26.6. The molecule has 2 atom stereocenters. The minimum Gasteiger partial charge on any atom is -0.491 e. The van der Waals surface area contributed by atoms with Gasteiger partial charge in [0.25, 0.3) is 5.91 Å². The topological polar surface area (TPSA) is 102 Å². The molecule has 0 radical (unpaired) electrons. The molecule has 1 heterocycles. The van der Waals surface area contributed by atoms with E-state index in [0.717, 1.165) is 12.1 Å². The van der Waals surface area contributed by atoms with Crippen molar-refractivity contribution in [2.75, 3.05) is 29.6 Å². The van der Waals surface area contributed by atoms with Crippen LogP contribution in [0, 0.1) is 6.92 Å². The van der Waals surface area contributed by atoms with Crippen molar-refractivity contribution >= 4 is 21.4 Å². The van der Waals surface area contributed by atoms with Gasteiger partial charge in [-0.05, 0) is 55.0 Å². The molecule has 1 aliphatic heterocycles. The number of carbonyl (C=O) groups excluding carboxylic acids is 1. The van der Waals surface area contributed by atoms with Gasteiger partial charge >= 0.3 is 6.36 Å². The Morgan fingerprint density at radius 1 is 1.14 bits per heavy atom. The summed E-state index contributed by atoms with van der Waals surface area (Å²) in [4.78, 5) is 14.4. The van der Waals surface area contributed by atoms with Crippen LogP contribution in [0.3, 0.4) is 0 Å². The first-order valence-corrected chi connectivity index (χ1v) is 12.6. The van der Waals surface area contributed by atoms with Gasteiger partial charge in [-0.25, -0.2) is 8.42 Å². The number of alkyl halides is 3. The summed E-state index contributed by atoms with van der Waals surface area (Å²) in [5, 5.41) is 9.92. The van der Waals surface area contributed by atoms with E-state index < -0.39 is 28.4 Å². The largest absolute Gasteiger partial charge is 0.573 e. The number of benzene rings is 2. The van der Waals surface area contributed by atoms with Crippen molar-refractivity contribution < 1.29 is 45.7 Å². The highest BCUT2D eigenvalue weighted by Crippen LogP contribution is 2.30. The maximum Gasteiger partial charge on any atom is 0.573 e. The molecule has 1 aliphatic rings. The molecule has 0 aromatic heterocycles. The number of nitrogens with zero attached hydrogens (tertiary/aromatic N) is 1. The zero-order valence-corrected chi connectivity index (χ0v) is 19.9. The lowest BCUT2D eigenvalue weighted by molar-refractivity contribution is -0.274. The average Bonchev–Trinajstić information content (AvgIpc) is 3.13. The fourth-order valence-electron chi connectivity index (χ4n) is 3.51. The summed E-state index contributed by atoms with van der Waals surface area (Å²) in [5.74, 6) is -0.451. The molecule has 12 heteroatoms. The molecule has 3 rings (SSSR count). The van der Waals surface area contributed by atoms with E-state index in [1.54, 1.807) is 25.1 Å². The molecule has 1 saturated heterocycles. The van der Waals surface area contributed by atoms with Gasteiger partial charge in [0, 0.05) is 24.4 Å². The van der Waals surface area contributed by atoms with Crippen LogP contribution in [-0.4, -0.2) is 62.7 Å². The molecule has 1 amide bonds. The molecule has 2 aromatic carbocycles. The molecule has 1 unspecified atom stereocenters. The molecule has 0 spiro atoms. The van der Waals surface area contributed by atoms with E-state index in [1.807, 2.05) is 0 Å². The van der Waals surface area contributed by atoms with E-state index in [-0.39, 0.29) is 35.5 Å². The molecule has 1 fully saturated rings. The van der Waals surface area contributed by atoms with Crippen LogP contribution in [0.4, 0.5) is 18.9 Å². The molecule has 0 aliphatic carbocycles. The van der Waals surface area contributed by atoms with E-state index in [0.29, 0.717) is 30.0 Å². The Balaban J connectivity index is 1.58. The van der Waals surface area contributed by atoms with Crippen molar-refractivity contribution in [1.82, 2.24) is 0 Å². The third-order valence-electron chi connectivity index (χ3n) is 5.28. The molecule has 0 bridgehead atoms. The second-order valence-corrected chi connectivity index (χ2v) is 10.4. The quantitative estimate of drug-likeness (QED) is 0.516. The molecule has 2 aromatic rings. The first-order chi connectivity index (χ1) is 16.4.